The van der Waals surface area contributed by atoms with Gasteiger partial charge >= 0.3 is 0 Å². The first kappa shape index (κ1) is 17.4. The Hall–Kier alpha value is -3.42. The molecule has 0 spiro atoms. The van der Waals surface area contributed by atoms with Gasteiger partial charge in [-0.05, 0) is 48.5 Å². The summed E-state index contributed by atoms with van der Waals surface area (Å²) in [5, 5.41) is 5.07. The Bertz CT molecular complexity index is 944. The van der Waals surface area contributed by atoms with Gasteiger partial charge in [0.15, 0.2) is 17.5 Å². The van der Waals surface area contributed by atoms with Gasteiger partial charge in [-0.2, -0.15) is 0 Å². The summed E-state index contributed by atoms with van der Waals surface area (Å²) in [6.07, 6.45) is 1.29. The van der Waals surface area contributed by atoms with E-state index >= 15 is 0 Å². The molecule has 2 N–H and O–H groups in total. The van der Waals surface area contributed by atoms with E-state index in [2.05, 4.69) is 15.6 Å². The van der Waals surface area contributed by atoms with Crippen LogP contribution < -0.4 is 10.6 Å². The molecule has 1 heterocycles. The Morgan fingerprint density at radius 2 is 1.58 bits per heavy atom. The summed E-state index contributed by atoms with van der Waals surface area (Å²) in [5.41, 5.74) is 0.326. The molecule has 0 aliphatic heterocycles. The zero-order valence-electron chi connectivity index (χ0n) is 13.1. The highest BCUT2D eigenvalue weighted by atomic mass is 19.2. The van der Waals surface area contributed by atoms with Gasteiger partial charge in [0.2, 0.25) is 0 Å². The summed E-state index contributed by atoms with van der Waals surface area (Å²) in [6, 6.07) is 9.72. The standard InChI is InChI=1S/C18H11F4N3O/c19-11-3-1-10(2-4-11)18(26)24-12-5-8-15(23-9-12)25-14-7-6-13(20)16(21)17(14)22/h1-9H,(H,23,25)(H,24,26). The monoisotopic (exact) mass is 361 g/mol. The van der Waals surface area contributed by atoms with Crippen molar-refractivity contribution in [1.82, 2.24) is 4.98 Å². The van der Waals surface area contributed by atoms with Gasteiger partial charge in [0.05, 0.1) is 17.6 Å². The number of anilines is 3. The van der Waals surface area contributed by atoms with Crippen LogP contribution in [0.1, 0.15) is 10.4 Å². The maximum absolute atomic E-state index is 13.6. The van der Waals surface area contributed by atoms with Crippen LogP contribution in [0.4, 0.5) is 34.8 Å². The molecule has 0 saturated heterocycles. The first-order valence-corrected chi connectivity index (χ1v) is 7.37. The van der Waals surface area contributed by atoms with Gasteiger partial charge in [-0.15, -0.1) is 0 Å². The van der Waals surface area contributed by atoms with Crippen molar-refractivity contribution < 1.29 is 22.4 Å². The molecule has 2 aromatic carbocycles. The molecule has 0 radical (unpaired) electrons. The number of carbonyl (C=O) groups is 1. The molecule has 0 fully saturated rings. The lowest BCUT2D eigenvalue weighted by Crippen LogP contribution is -2.12. The molecule has 0 unspecified atom stereocenters. The molecular formula is C18H11F4N3O. The zero-order chi connectivity index (χ0) is 18.7. The minimum atomic E-state index is -1.59. The molecule has 0 bridgehead atoms. The molecule has 0 aliphatic rings. The highest BCUT2D eigenvalue weighted by molar-refractivity contribution is 6.04. The van der Waals surface area contributed by atoms with Gasteiger partial charge in [0.1, 0.15) is 11.6 Å². The fourth-order valence-electron chi connectivity index (χ4n) is 2.11. The quantitative estimate of drug-likeness (QED) is 0.526. The van der Waals surface area contributed by atoms with Crippen LogP contribution in [0.5, 0.6) is 0 Å². The number of hydrogen-bond acceptors (Lipinski definition) is 3. The van der Waals surface area contributed by atoms with Crippen molar-refractivity contribution in [2.75, 3.05) is 10.6 Å². The van der Waals surface area contributed by atoms with E-state index in [0.29, 0.717) is 5.69 Å². The third-order valence-corrected chi connectivity index (χ3v) is 3.43. The normalized spacial score (nSPS) is 10.5. The van der Waals surface area contributed by atoms with Gasteiger partial charge in [-0.3, -0.25) is 4.79 Å². The number of carbonyl (C=O) groups excluding carboxylic acids is 1. The lowest BCUT2D eigenvalue weighted by molar-refractivity contribution is 0.102. The lowest BCUT2D eigenvalue weighted by atomic mass is 10.2. The summed E-state index contributed by atoms with van der Waals surface area (Å²) in [6.45, 7) is 0. The Balaban J connectivity index is 1.70. The highest BCUT2D eigenvalue weighted by Gasteiger charge is 2.14. The lowest BCUT2D eigenvalue weighted by Gasteiger charge is -2.09. The first-order chi connectivity index (χ1) is 12.4. The van der Waals surface area contributed by atoms with Gasteiger partial charge < -0.3 is 10.6 Å². The van der Waals surface area contributed by atoms with Gasteiger partial charge in [-0.25, -0.2) is 22.5 Å². The Morgan fingerprint density at radius 3 is 2.23 bits per heavy atom. The van der Waals surface area contributed by atoms with Crippen molar-refractivity contribution in [2.45, 2.75) is 0 Å². The SMILES string of the molecule is O=C(Nc1ccc(Nc2ccc(F)c(F)c2F)nc1)c1ccc(F)cc1. The topological polar surface area (TPSA) is 54.0 Å². The van der Waals surface area contributed by atoms with Gasteiger partial charge in [0, 0.05) is 5.56 Å². The second kappa shape index (κ2) is 7.22. The van der Waals surface area contributed by atoms with Crippen molar-refractivity contribution in [3.8, 4) is 0 Å². The Morgan fingerprint density at radius 1 is 0.846 bits per heavy atom. The molecule has 4 nitrogen and oxygen atoms in total. The number of benzene rings is 2. The van der Waals surface area contributed by atoms with E-state index in [1.165, 1.54) is 30.5 Å². The van der Waals surface area contributed by atoms with Crippen LogP contribution in [0.2, 0.25) is 0 Å². The van der Waals surface area contributed by atoms with Crippen molar-refractivity contribution in [3.63, 3.8) is 0 Å². The van der Waals surface area contributed by atoms with Crippen LogP contribution in [-0.2, 0) is 0 Å². The number of nitrogens with one attached hydrogen (secondary N) is 2. The summed E-state index contributed by atoms with van der Waals surface area (Å²) < 4.78 is 52.6. The third-order valence-electron chi connectivity index (χ3n) is 3.43. The number of nitrogens with zero attached hydrogens (tertiary/aromatic N) is 1. The number of pyridine rings is 1. The minimum absolute atomic E-state index is 0.162. The summed E-state index contributed by atoms with van der Waals surface area (Å²) in [7, 11) is 0. The molecule has 3 rings (SSSR count). The van der Waals surface area contributed by atoms with E-state index in [4.69, 9.17) is 0 Å². The summed E-state index contributed by atoms with van der Waals surface area (Å²) >= 11 is 0. The molecule has 0 aliphatic carbocycles. The van der Waals surface area contributed by atoms with Crippen molar-refractivity contribution in [1.29, 1.82) is 0 Å². The summed E-state index contributed by atoms with van der Waals surface area (Å²) in [4.78, 5) is 16.0. The van der Waals surface area contributed by atoms with E-state index in [9.17, 15) is 22.4 Å². The number of rotatable bonds is 4. The van der Waals surface area contributed by atoms with Crippen LogP contribution in [0.3, 0.4) is 0 Å². The second-order valence-corrected chi connectivity index (χ2v) is 5.24. The van der Waals surface area contributed by atoms with Crippen LogP contribution in [0.15, 0.2) is 54.7 Å². The van der Waals surface area contributed by atoms with Crippen LogP contribution in [0.25, 0.3) is 0 Å². The highest BCUT2D eigenvalue weighted by Crippen LogP contribution is 2.23. The predicted molar refractivity (Wildman–Crippen MR) is 88.2 cm³/mol. The fraction of sp³-hybridized carbons (Fsp3) is 0. The van der Waals surface area contributed by atoms with Crippen molar-refractivity contribution >= 4 is 23.1 Å². The van der Waals surface area contributed by atoms with Crippen LogP contribution in [0, 0.1) is 23.3 Å². The average Bonchev–Trinajstić information content (AvgIpc) is 2.64. The number of amides is 1. The molecule has 1 amide bonds. The summed E-state index contributed by atoms with van der Waals surface area (Å²) in [5.74, 6) is -4.99. The largest absolute Gasteiger partial charge is 0.338 e. The van der Waals surface area contributed by atoms with E-state index in [1.807, 2.05) is 0 Å². The fourth-order valence-corrected chi connectivity index (χ4v) is 2.11. The molecule has 3 aromatic rings. The molecule has 26 heavy (non-hydrogen) atoms. The average molecular weight is 361 g/mol. The maximum atomic E-state index is 13.6. The molecule has 0 atom stereocenters. The van der Waals surface area contributed by atoms with Crippen molar-refractivity contribution in [2.24, 2.45) is 0 Å². The third kappa shape index (κ3) is 3.80. The number of aromatic nitrogens is 1. The second-order valence-electron chi connectivity index (χ2n) is 5.24. The smallest absolute Gasteiger partial charge is 0.255 e. The molecule has 1 aromatic heterocycles. The first-order valence-electron chi connectivity index (χ1n) is 7.37. The minimum Gasteiger partial charge on any atom is -0.338 e. The molecule has 132 valence electrons. The molecule has 8 heteroatoms. The van der Waals surface area contributed by atoms with E-state index in [1.54, 1.807) is 0 Å². The molecular weight excluding hydrogens is 350 g/mol. The maximum Gasteiger partial charge on any atom is 0.255 e. The Labute approximate surface area is 145 Å². The zero-order valence-corrected chi connectivity index (χ0v) is 13.1. The van der Waals surface area contributed by atoms with E-state index < -0.39 is 29.2 Å². The van der Waals surface area contributed by atoms with Gasteiger partial charge in [0.25, 0.3) is 5.91 Å². The molecule has 0 saturated carbocycles. The van der Waals surface area contributed by atoms with Crippen LogP contribution in [-0.4, -0.2) is 10.9 Å². The number of halogens is 4. The van der Waals surface area contributed by atoms with E-state index in [0.717, 1.165) is 24.3 Å². The predicted octanol–water partition coefficient (Wildman–Crippen LogP) is 4.63. The van der Waals surface area contributed by atoms with Crippen LogP contribution >= 0.6 is 0 Å². The number of hydrogen-bond donors (Lipinski definition) is 2. The van der Waals surface area contributed by atoms with Gasteiger partial charge in [-0.1, -0.05) is 0 Å². The Kier molecular flexibility index (Phi) is 4.83. The van der Waals surface area contributed by atoms with Crippen molar-refractivity contribution in [3.05, 3.63) is 83.6 Å². The van der Waals surface area contributed by atoms with E-state index in [-0.39, 0.29) is 17.1 Å².